The number of carbonyl (C=O) groups is 2. The Labute approximate surface area is 109 Å². The van der Waals surface area contributed by atoms with E-state index in [0.717, 1.165) is 0 Å². The Morgan fingerprint density at radius 1 is 1.42 bits per heavy atom. The van der Waals surface area contributed by atoms with E-state index in [2.05, 4.69) is 5.18 Å². The van der Waals surface area contributed by atoms with Crippen molar-refractivity contribution < 1.29 is 18.7 Å². The Bertz CT molecular complexity index is 501. The number of ketones is 1. The van der Waals surface area contributed by atoms with Crippen LogP contribution in [0.2, 0.25) is 0 Å². The smallest absolute Gasteiger partial charge is 0.316 e. The van der Waals surface area contributed by atoms with E-state index in [1.54, 1.807) is 6.92 Å². The number of benzene rings is 1. The first-order valence-corrected chi connectivity index (χ1v) is 5.79. The highest BCUT2D eigenvalue weighted by molar-refractivity contribution is 5.98. The van der Waals surface area contributed by atoms with Gasteiger partial charge in [-0.3, -0.25) is 9.59 Å². The second kappa shape index (κ2) is 6.72. The maximum atomic E-state index is 13.8. The van der Waals surface area contributed by atoms with Crippen LogP contribution in [-0.2, 0) is 20.7 Å². The zero-order valence-electron chi connectivity index (χ0n) is 10.7. The van der Waals surface area contributed by atoms with Crippen molar-refractivity contribution in [3.05, 3.63) is 34.5 Å². The molecule has 1 atom stereocenters. The van der Waals surface area contributed by atoms with Crippen LogP contribution in [0, 0.1) is 16.6 Å². The van der Waals surface area contributed by atoms with Crippen LogP contribution in [0.5, 0.6) is 0 Å². The van der Waals surface area contributed by atoms with Gasteiger partial charge in [0, 0.05) is 0 Å². The van der Waals surface area contributed by atoms with Crippen LogP contribution in [0.3, 0.4) is 0 Å². The van der Waals surface area contributed by atoms with Gasteiger partial charge in [0.1, 0.15) is 17.4 Å². The number of hydrogen-bond donors (Lipinski definition) is 0. The summed E-state index contributed by atoms with van der Waals surface area (Å²) in [6.45, 7) is 2.99. The fourth-order valence-electron chi connectivity index (χ4n) is 1.65. The van der Waals surface area contributed by atoms with E-state index in [1.807, 2.05) is 0 Å². The summed E-state index contributed by atoms with van der Waals surface area (Å²) in [5.74, 6) is -2.99. The van der Waals surface area contributed by atoms with Crippen molar-refractivity contribution in [3.8, 4) is 0 Å². The largest absolute Gasteiger partial charge is 0.465 e. The van der Waals surface area contributed by atoms with Crippen LogP contribution in [0.4, 0.5) is 10.1 Å². The van der Waals surface area contributed by atoms with E-state index in [1.165, 1.54) is 25.1 Å². The first-order chi connectivity index (χ1) is 9.01. The number of ether oxygens (including phenoxy) is 1. The fraction of sp³-hybridized carbons (Fsp3) is 0.385. The van der Waals surface area contributed by atoms with Crippen LogP contribution >= 0.6 is 0 Å². The second-order valence-electron chi connectivity index (χ2n) is 3.96. The minimum absolute atomic E-state index is 0.0883. The normalized spacial score (nSPS) is 11.7. The van der Waals surface area contributed by atoms with E-state index in [0.29, 0.717) is 0 Å². The van der Waals surface area contributed by atoms with Crippen LogP contribution in [0.25, 0.3) is 0 Å². The van der Waals surface area contributed by atoms with Gasteiger partial charge in [-0.25, -0.2) is 4.39 Å². The van der Waals surface area contributed by atoms with Gasteiger partial charge in [-0.15, -0.1) is 4.91 Å². The molecule has 0 saturated carbocycles. The lowest BCUT2D eigenvalue weighted by Crippen LogP contribution is -2.26. The summed E-state index contributed by atoms with van der Waals surface area (Å²) in [5, 5.41) is 2.54. The van der Waals surface area contributed by atoms with Gasteiger partial charge in [-0.05, 0) is 37.1 Å². The maximum absolute atomic E-state index is 13.8. The summed E-state index contributed by atoms with van der Waals surface area (Å²) in [5.41, 5.74) is -0.256. The van der Waals surface area contributed by atoms with Crippen molar-refractivity contribution in [3.63, 3.8) is 0 Å². The number of nitrogens with zero attached hydrogens (tertiary/aromatic N) is 1. The molecule has 5 nitrogen and oxygen atoms in total. The van der Waals surface area contributed by atoms with Gasteiger partial charge in [0.05, 0.1) is 6.61 Å². The van der Waals surface area contributed by atoms with Crippen molar-refractivity contribution >= 4 is 17.4 Å². The quantitative estimate of drug-likeness (QED) is 0.451. The van der Waals surface area contributed by atoms with Gasteiger partial charge in [-0.2, -0.15) is 0 Å². The third-order valence-corrected chi connectivity index (χ3v) is 2.64. The Balaban J connectivity index is 3.00. The minimum atomic E-state index is -1.07. The van der Waals surface area contributed by atoms with Crippen molar-refractivity contribution in [1.82, 2.24) is 0 Å². The van der Waals surface area contributed by atoms with Gasteiger partial charge < -0.3 is 4.74 Å². The first-order valence-electron chi connectivity index (χ1n) is 5.79. The summed E-state index contributed by atoms with van der Waals surface area (Å²) in [6, 6.07) is 4.07. The number of rotatable bonds is 6. The highest BCUT2D eigenvalue weighted by Crippen LogP contribution is 2.23. The fourth-order valence-corrected chi connectivity index (χ4v) is 1.65. The molecular weight excluding hydrogens is 253 g/mol. The third kappa shape index (κ3) is 3.67. The average Bonchev–Trinajstić information content (AvgIpc) is 2.37. The molecule has 0 aliphatic carbocycles. The summed E-state index contributed by atoms with van der Waals surface area (Å²) < 4.78 is 18.6. The molecule has 1 rings (SSSR count). The molecule has 0 saturated heterocycles. The van der Waals surface area contributed by atoms with Crippen LogP contribution in [0.1, 0.15) is 19.4 Å². The zero-order valence-corrected chi connectivity index (χ0v) is 10.7. The molecule has 6 heteroatoms. The molecule has 0 heterocycles. The summed E-state index contributed by atoms with van der Waals surface area (Å²) >= 11 is 0. The number of carbonyl (C=O) groups excluding carboxylic acids is 2. The molecule has 0 aliphatic heterocycles. The number of halogens is 1. The van der Waals surface area contributed by atoms with E-state index < -0.39 is 23.5 Å². The van der Waals surface area contributed by atoms with Gasteiger partial charge in [0.25, 0.3) is 0 Å². The highest BCUT2D eigenvalue weighted by atomic mass is 19.1. The lowest BCUT2D eigenvalue weighted by Gasteiger charge is -2.13. The molecule has 0 N–H and O–H groups in total. The Kier molecular flexibility index (Phi) is 5.29. The van der Waals surface area contributed by atoms with E-state index in [-0.39, 0.29) is 24.3 Å². The number of Topliss-reactive ketones (excluding diaryl/α,β-unsaturated/α-hetero) is 1. The monoisotopic (exact) mass is 267 g/mol. The molecule has 0 aromatic heterocycles. The Morgan fingerprint density at radius 2 is 2.11 bits per heavy atom. The number of nitroso groups, excluding NO2 is 1. The topological polar surface area (TPSA) is 72.8 Å². The number of hydrogen-bond acceptors (Lipinski definition) is 5. The SMILES string of the molecule is CCOC(=O)C(Cc1cccc(N=O)c1F)C(C)=O. The minimum Gasteiger partial charge on any atom is -0.465 e. The molecule has 0 bridgehead atoms. The van der Waals surface area contributed by atoms with E-state index in [9.17, 15) is 18.9 Å². The predicted molar refractivity (Wildman–Crippen MR) is 66.4 cm³/mol. The highest BCUT2D eigenvalue weighted by Gasteiger charge is 2.26. The molecule has 0 fully saturated rings. The zero-order chi connectivity index (χ0) is 14.4. The molecule has 1 aromatic rings. The Morgan fingerprint density at radius 3 is 2.63 bits per heavy atom. The standard InChI is InChI=1S/C13H14FNO4/c1-3-19-13(17)10(8(2)16)7-9-5-4-6-11(15-18)12(9)14/h4-6,10H,3,7H2,1-2H3. The first kappa shape index (κ1) is 14.9. The van der Waals surface area contributed by atoms with Crippen LogP contribution in [0.15, 0.2) is 23.4 Å². The molecule has 0 aliphatic rings. The summed E-state index contributed by atoms with van der Waals surface area (Å²) in [6.07, 6.45) is -0.149. The molecule has 1 aromatic carbocycles. The van der Waals surface area contributed by atoms with Gasteiger partial charge in [0.2, 0.25) is 0 Å². The molecule has 0 amide bonds. The predicted octanol–water partition coefficient (Wildman–Crippen LogP) is 2.53. The molecule has 19 heavy (non-hydrogen) atoms. The maximum Gasteiger partial charge on any atom is 0.316 e. The van der Waals surface area contributed by atoms with Crippen molar-refractivity contribution in [1.29, 1.82) is 0 Å². The molecule has 0 radical (unpaired) electrons. The molecular formula is C13H14FNO4. The lowest BCUT2D eigenvalue weighted by molar-refractivity contribution is -0.151. The van der Waals surface area contributed by atoms with Gasteiger partial charge >= 0.3 is 5.97 Å². The molecule has 0 spiro atoms. The molecule has 1 unspecified atom stereocenters. The van der Waals surface area contributed by atoms with E-state index >= 15 is 0 Å². The third-order valence-electron chi connectivity index (χ3n) is 2.64. The molecule has 102 valence electrons. The second-order valence-corrected chi connectivity index (χ2v) is 3.96. The Hall–Kier alpha value is -2.11. The lowest BCUT2D eigenvalue weighted by atomic mass is 9.95. The van der Waals surface area contributed by atoms with Crippen molar-refractivity contribution in [2.45, 2.75) is 20.3 Å². The summed E-state index contributed by atoms with van der Waals surface area (Å²) in [4.78, 5) is 33.4. The van der Waals surface area contributed by atoms with Gasteiger partial charge in [0.15, 0.2) is 5.82 Å². The van der Waals surface area contributed by atoms with Crippen LogP contribution in [-0.4, -0.2) is 18.4 Å². The average molecular weight is 267 g/mol. The van der Waals surface area contributed by atoms with Crippen molar-refractivity contribution in [2.75, 3.05) is 6.61 Å². The van der Waals surface area contributed by atoms with Gasteiger partial charge in [-0.1, -0.05) is 12.1 Å². The van der Waals surface area contributed by atoms with E-state index in [4.69, 9.17) is 4.74 Å². The number of esters is 1. The van der Waals surface area contributed by atoms with Crippen LogP contribution < -0.4 is 0 Å². The van der Waals surface area contributed by atoms with Crippen molar-refractivity contribution in [2.24, 2.45) is 11.1 Å². The summed E-state index contributed by atoms with van der Waals surface area (Å²) in [7, 11) is 0.